The van der Waals surface area contributed by atoms with Gasteiger partial charge in [-0.2, -0.15) is 0 Å². The van der Waals surface area contributed by atoms with Crippen molar-refractivity contribution in [1.29, 1.82) is 0 Å². The highest BCUT2D eigenvalue weighted by molar-refractivity contribution is 6.35. The maximum atomic E-state index is 13.1. The Morgan fingerprint density at radius 1 is 0.923 bits per heavy atom. The van der Waals surface area contributed by atoms with Gasteiger partial charge in [0.15, 0.2) is 11.5 Å². The van der Waals surface area contributed by atoms with Crippen LogP contribution in [-0.2, 0) is 9.59 Å². The summed E-state index contributed by atoms with van der Waals surface area (Å²) in [5, 5.41) is 0. The molecule has 1 aromatic carbocycles. The minimum Gasteiger partial charge on any atom is -0.493 e. The number of piperidine rings is 1. The topological polar surface area (TPSA) is 59.1 Å². The van der Waals surface area contributed by atoms with E-state index in [-0.39, 0.29) is 17.9 Å². The molecule has 6 heteroatoms. The van der Waals surface area contributed by atoms with Crippen molar-refractivity contribution in [2.75, 3.05) is 27.3 Å². The summed E-state index contributed by atoms with van der Waals surface area (Å²) >= 11 is 0. The van der Waals surface area contributed by atoms with Crippen molar-refractivity contribution in [2.24, 2.45) is 0 Å². The van der Waals surface area contributed by atoms with Crippen molar-refractivity contribution in [1.82, 2.24) is 9.80 Å². The highest BCUT2D eigenvalue weighted by Gasteiger charge is 2.43. The lowest BCUT2D eigenvalue weighted by atomic mass is 10.0. The smallest absolute Gasteiger partial charge is 0.278 e. The van der Waals surface area contributed by atoms with Gasteiger partial charge >= 0.3 is 0 Å². The van der Waals surface area contributed by atoms with E-state index in [2.05, 4.69) is 4.90 Å². The molecule has 26 heavy (non-hydrogen) atoms. The molecule has 2 amide bonds. The molecule has 6 nitrogen and oxygen atoms in total. The number of nitrogens with zero attached hydrogens (tertiary/aromatic N) is 2. The predicted molar refractivity (Wildman–Crippen MR) is 98.9 cm³/mol. The second-order valence-corrected chi connectivity index (χ2v) is 6.92. The van der Waals surface area contributed by atoms with Crippen LogP contribution in [-0.4, -0.2) is 55.0 Å². The Hall–Kier alpha value is -2.50. The molecule has 140 valence electrons. The summed E-state index contributed by atoms with van der Waals surface area (Å²) in [6, 6.07) is 5.17. The van der Waals surface area contributed by atoms with Crippen LogP contribution in [0.2, 0.25) is 0 Å². The fraction of sp³-hybridized carbons (Fsp3) is 0.500. The van der Waals surface area contributed by atoms with Gasteiger partial charge in [-0.25, -0.2) is 0 Å². The van der Waals surface area contributed by atoms with Gasteiger partial charge in [-0.3, -0.25) is 14.5 Å². The highest BCUT2D eigenvalue weighted by atomic mass is 16.5. The maximum absolute atomic E-state index is 13.1. The first-order valence-corrected chi connectivity index (χ1v) is 9.09. The van der Waals surface area contributed by atoms with Crippen LogP contribution in [0.4, 0.5) is 0 Å². The number of hydrogen-bond acceptors (Lipinski definition) is 5. The lowest BCUT2D eigenvalue weighted by molar-refractivity contribution is -0.139. The molecule has 0 bridgehead atoms. The summed E-state index contributed by atoms with van der Waals surface area (Å²) in [5.74, 6) is 0.696. The Morgan fingerprint density at radius 3 is 2.15 bits per heavy atom. The molecule has 0 aromatic heterocycles. The minimum absolute atomic E-state index is 0.188. The molecule has 2 aliphatic rings. The number of likely N-dealkylation sites (tertiary alicyclic amines) is 1. The van der Waals surface area contributed by atoms with Crippen molar-refractivity contribution in [3.63, 3.8) is 0 Å². The zero-order chi connectivity index (χ0) is 18.8. The Kier molecular flexibility index (Phi) is 5.20. The van der Waals surface area contributed by atoms with Gasteiger partial charge < -0.3 is 14.4 Å². The number of benzene rings is 1. The molecular formula is C20H26N2O4. The molecule has 0 radical (unpaired) electrons. The molecule has 0 spiro atoms. The molecule has 2 aliphatic heterocycles. The number of amides is 2. The normalized spacial score (nSPS) is 18.2. The van der Waals surface area contributed by atoms with Crippen molar-refractivity contribution >= 4 is 17.4 Å². The van der Waals surface area contributed by atoms with Crippen LogP contribution in [0.3, 0.4) is 0 Å². The van der Waals surface area contributed by atoms with Crippen LogP contribution in [0, 0.1) is 0 Å². The van der Waals surface area contributed by atoms with E-state index in [1.54, 1.807) is 26.4 Å². The van der Waals surface area contributed by atoms with Crippen LogP contribution >= 0.6 is 0 Å². The van der Waals surface area contributed by atoms with Gasteiger partial charge in [0, 0.05) is 19.1 Å². The van der Waals surface area contributed by atoms with E-state index in [4.69, 9.17) is 9.47 Å². The minimum atomic E-state index is -0.238. The molecule has 0 saturated carbocycles. The Balaban J connectivity index is 2.13. The Labute approximate surface area is 154 Å². The first kappa shape index (κ1) is 18.3. The van der Waals surface area contributed by atoms with Gasteiger partial charge in [0.1, 0.15) is 5.70 Å². The summed E-state index contributed by atoms with van der Waals surface area (Å²) in [6.07, 6.45) is 3.23. The van der Waals surface area contributed by atoms with Gasteiger partial charge in [-0.05, 0) is 50.8 Å². The molecule has 3 rings (SSSR count). The average Bonchev–Trinajstić information content (AvgIpc) is 2.92. The number of hydrogen-bond donors (Lipinski definition) is 0. The third-order valence-corrected chi connectivity index (χ3v) is 4.95. The number of carbonyl (C=O) groups is 2. The standard InChI is InChI=1S/C20H26N2O4/c1-13(2)22-19(23)17(14-8-9-15(25-3)16(12-14)26-4)18(20(22)24)21-10-6-5-7-11-21/h8-9,12-13H,5-7,10-11H2,1-4H3. The van der Waals surface area contributed by atoms with Gasteiger partial charge in [0.2, 0.25) is 0 Å². The quantitative estimate of drug-likeness (QED) is 0.758. The second kappa shape index (κ2) is 7.40. The zero-order valence-corrected chi connectivity index (χ0v) is 15.9. The first-order chi connectivity index (χ1) is 12.5. The number of imide groups is 1. The van der Waals surface area contributed by atoms with Crippen LogP contribution in [0.1, 0.15) is 38.7 Å². The van der Waals surface area contributed by atoms with E-state index in [0.29, 0.717) is 28.3 Å². The van der Waals surface area contributed by atoms with Crippen molar-refractivity contribution < 1.29 is 19.1 Å². The summed E-state index contributed by atoms with van der Waals surface area (Å²) in [4.78, 5) is 29.6. The maximum Gasteiger partial charge on any atom is 0.278 e. The Bertz CT molecular complexity index is 748. The molecule has 0 aliphatic carbocycles. The van der Waals surface area contributed by atoms with Gasteiger partial charge in [0.05, 0.1) is 19.8 Å². The fourth-order valence-electron chi connectivity index (χ4n) is 3.67. The third kappa shape index (κ3) is 3.04. The second-order valence-electron chi connectivity index (χ2n) is 6.92. The molecule has 1 saturated heterocycles. The molecular weight excluding hydrogens is 332 g/mol. The zero-order valence-electron chi connectivity index (χ0n) is 15.9. The van der Waals surface area contributed by atoms with E-state index in [0.717, 1.165) is 32.4 Å². The summed E-state index contributed by atoms with van der Waals surface area (Å²) in [7, 11) is 3.13. The SMILES string of the molecule is COc1ccc(C2=C(N3CCCCC3)C(=O)N(C(C)C)C2=O)cc1OC. The van der Waals surface area contributed by atoms with Crippen LogP contribution in [0.15, 0.2) is 23.9 Å². The molecule has 1 aromatic rings. The summed E-state index contributed by atoms with van der Waals surface area (Å²) in [6.45, 7) is 5.33. The number of ether oxygens (including phenoxy) is 2. The van der Waals surface area contributed by atoms with Crippen molar-refractivity contribution in [3.8, 4) is 11.5 Å². The number of methoxy groups -OCH3 is 2. The molecule has 0 N–H and O–H groups in total. The summed E-state index contributed by atoms with van der Waals surface area (Å²) in [5.41, 5.74) is 1.67. The fourth-order valence-corrected chi connectivity index (χ4v) is 3.67. The lowest BCUT2D eigenvalue weighted by Crippen LogP contribution is -2.40. The molecule has 0 atom stereocenters. The van der Waals surface area contributed by atoms with E-state index >= 15 is 0 Å². The van der Waals surface area contributed by atoms with Crippen LogP contribution in [0.25, 0.3) is 5.57 Å². The molecule has 0 unspecified atom stereocenters. The lowest BCUT2D eigenvalue weighted by Gasteiger charge is -2.30. The third-order valence-electron chi connectivity index (χ3n) is 4.95. The summed E-state index contributed by atoms with van der Waals surface area (Å²) < 4.78 is 10.7. The average molecular weight is 358 g/mol. The highest BCUT2D eigenvalue weighted by Crippen LogP contribution is 2.37. The monoisotopic (exact) mass is 358 g/mol. The van der Waals surface area contributed by atoms with E-state index in [1.807, 2.05) is 19.9 Å². The van der Waals surface area contributed by atoms with Gasteiger partial charge in [0.25, 0.3) is 11.8 Å². The predicted octanol–water partition coefficient (Wildman–Crippen LogP) is 2.68. The van der Waals surface area contributed by atoms with E-state index in [9.17, 15) is 9.59 Å². The first-order valence-electron chi connectivity index (χ1n) is 9.09. The van der Waals surface area contributed by atoms with E-state index < -0.39 is 0 Å². The van der Waals surface area contributed by atoms with Gasteiger partial charge in [-0.15, -0.1) is 0 Å². The van der Waals surface area contributed by atoms with E-state index in [1.165, 1.54) is 4.90 Å². The van der Waals surface area contributed by atoms with Crippen LogP contribution in [0.5, 0.6) is 11.5 Å². The Morgan fingerprint density at radius 2 is 1.58 bits per heavy atom. The number of rotatable bonds is 5. The largest absolute Gasteiger partial charge is 0.493 e. The molecule has 1 fully saturated rings. The van der Waals surface area contributed by atoms with Crippen LogP contribution < -0.4 is 9.47 Å². The number of carbonyl (C=O) groups excluding carboxylic acids is 2. The van der Waals surface area contributed by atoms with Gasteiger partial charge in [-0.1, -0.05) is 6.07 Å². The molecule has 2 heterocycles. The van der Waals surface area contributed by atoms with Crippen molar-refractivity contribution in [2.45, 2.75) is 39.2 Å². The van der Waals surface area contributed by atoms with Crippen molar-refractivity contribution in [3.05, 3.63) is 29.5 Å².